The van der Waals surface area contributed by atoms with Gasteiger partial charge < -0.3 is 19.5 Å². The number of ether oxygens (including phenoxy) is 3. The van der Waals surface area contributed by atoms with Gasteiger partial charge in [-0.1, -0.05) is 6.07 Å². The Morgan fingerprint density at radius 2 is 1.63 bits per heavy atom. The zero-order valence-electron chi connectivity index (χ0n) is 15.7. The van der Waals surface area contributed by atoms with Crippen molar-refractivity contribution in [2.45, 2.75) is 6.73 Å². The molecule has 0 aliphatic heterocycles. The second-order valence-corrected chi connectivity index (χ2v) is 5.80. The third-order valence-electron chi connectivity index (χ3n) is 3.95. The molecule has 0 saturated carbocycles. The molecule has 1 N–H and O–H groups in total. The molecule has 0 fully saturated rings. The fraction of sp³-hybridized carbons (Fsp3) is 0.158. The van der Waals surface area contributed by atoms with Gasteiger partial charge in [-0.05, 0) is 18.2 Å². The van der Waals surface area contributed by atoms with Crippen LogP contribution in [0, 0.1) is 23.3 Å². The highest BCUT2D eigenvalue weighted by atomic mass is 19.2. The zero-order valence-corrected chi connectivity index (χ0v) is 15.7. The maximum Gasteiger partial charge on any atom is 0.276 e. The van der Waals surface area contributed by atoms with Crippen molar-refractivity contribution in [3.63, 3.8) is 0 Å². The number of halogens is 4. The van der Waals surface area contributed by atoms with Crippen molar-refractivity contribution in [2.24, 2.45) is 0 Å². The molecule has 11 heteroatoms. The third-order valence-corrected chi connectivity index (χ3v) is 3.95. The molecule has 30 heavy (non-hydrogen) atoms. The van der Waals surface area contributed by atoms with Crippen LogP contribution in [0.1, 0.15) is 10.5 Å². The van der Waals surface area contributed by atoms with E-state index in [-0.39, 0.29) is 18.5 Å². The van der Waals surface area contributed by atoms with Crippen LogP contribution in [0.15, 0.2) is 36.5 Å². The Labute approximate surface area is 167 Å². The number of anilines is 1. The van der Waals surface area contributed by atoms with Gasteiger partial charge in [-0.15, -0.1) is 0 Å². The van der Waals surface area contributed by atoms with Crippen LogP contribution in [-0.4, -0.2) is 29.9 Å². The number of methoxy groups -OCH3 is 2. The molecular formula is C19H15F4N3O4. The Hall–Kier alpha value is -3.76. The molecule has 0 radical (unpaired) electrons. The van der Waals surface area contributed by atoms with E-state index in [1.54, 1.807) is 23.5 Å². The molecule has 1 amide bonds. The number of carbonyl (C=O) groups is 1. The Bertz CT molecular complexity index is 1040. The van der Waals surface area contributed by atoms with E-state index in [1.165, 1.54) is 31.2 Å². The van der Waals surface area contributed by atoms with E-state index >= 15 is 0 Å². The van der Waals surface area contributed by atoms with Gasteiger partial charge in [0.2, 0.25) is 5.75 Å². The van der Waals surface area contributed by atoms with E-state index in [2.05, 4.69) is 5.10 Å². The third kappa shape index (κ3) is 4.14. The SMILES string of the molecule is COc1cccc(OC)c1OCn1ccc(C(=O)Nc2c(F)c(F)cc(F)c2F)n1. The standard InChI is InChI=1S/C19H15F4N3O4/c1-28-13-4-3-5-14(29-2)18(13)30-9-26-7-6-12(25-26)19(27)24-17-15(22)10(20)8-11(21)16(17)23/h3-8H,9H2,1-2H3,(H,24,27). The summed E-state index contributed by atoms with van der Waals surface area (Å²) in [5, 5.41) is 5.68. The Morgan fingerprint density at radius 3 is 2.20 bits per heavy atom. The van der Waals surface area contributed by atoms with Crippen LogP contribution in [0.2, 0.25) is 0 Å². The van der Waals surface area contributed by atoms with Crippen molar-refractivity contribution in [3.05, 3.63) is 65.5 Å². The molecule has 0 bridgehead atoms. The molecule has 0 saturated heterocycles. The van der Waals surface area contributed by atoms with Crippen LogP contribution in [-0.2, 0) is 6.73 Å². The van der Waals surface area contributed by atoms with E-state index in [0.29, 0.717) is 17.2 Å². The number of nitrogens with one attached hydrogen (secondary N) is 1. The van der Waals surface area contributed by atoms with Crippen molar-refractivity contribution in [2.75, 3.05) is 19.5 Å². The maximum atomic E-state index is 13.7. The van der Waals surface area contributed by atoms with Crippen LogP contribution in [0.5, 0.6) is 17.2 Å². The molecule has 158 valence electrons. The first-order valence-electron chi connectivity index (χ1n) is 8.37. The molecule has 3 aromatic rings. The Balaban J connectivity index is 1.74. The number of aromatic nitrogens is 2. The first-order valence-corrected chi connectivity index (χ1v) is 8.37. The smallest absolute Gasteiger partial charge is 0.276 e. The van der Waals surface area contributed by atoms with Crippen LogP contribution >= 0.6 is 0 Å². The van der Waals surface area contributed by atoms with Crippen molar-refractivity contribution < 1.29 is 36.6 Å². The lowest BCUT2D eigenvalue weighted by Gasteiger charge is -2.13. The summed E-state index contributed by atoms with van der Waals surface area (Å²) in [5.41, 5.74) is -1.52. The topological polar surface area (TPSA) is 74.6 Å². The molecule has 7 nitrogen and oxygen atoms in total. The number of hydrogen-bond acceptors (Lipinski definition) is 5. The minimum Gasteiger partial charge on any atom is -0.493 e. The summed E-state index contributed by atoms with van der Waals surface area (Å²) in [7, 11) is 2.90. The lowest BCUT2D eigenvalue weighted by atomic mass is 10.2. The maximum absolute atomic E-state index is 13.7. The summed E-state index contributed by atoms with van der Waals surface area (Å²) < 4.78 is 71.2. The summed E-state index contributed by atoms with van der Waals surface area (Å²) in [6, 6.07) is 6.28. The van der Waals surface area contributed by atoms with Gasteiger partial charge in [-0.25, -0.2) is 22.2 Å². The molecule has 3 rings (SSSR count). The molecule has 0 aliphatic carbocycles. The van der Waals surface area contributed by atoms with Gasteiger partial charge >= 0.3 is 0 Å². The predicted octanol–water partition coefficient (Wildman–Crippen LogP) is 3.75. The number of para-hydroxylation sites is 1. The number of nitrogens with zero attached hydrogens (tertiary/aromatic N) is 2. The Kier molecular flexibility index (Phi) is 6.09. The minimum absolute atomic E-state index is 0.0402. The number of hydrogen-bond donors (Lipinski definition) is 1. The van der Waals surface area contributed by atoms with E-state index in [0.717, 1.165) is 0 Å². The van der Waals surface area contributed by atoms with Gasteiger partial charge in [0.25, 0.3) is 5.91 Å². The zero-order chi connectivity index (χ0) is 21.8. The van der Waals surface area contributed by atoms with Crippen LogP contribution in [0.3, 0.4) is 0 Å². The Morgan fingerprint density at radius 1 is 1.03 bits per heavy atom. The molecule has 2 aromatic carbocycles. The largest absolute Gasteiger partial charge is 0.493 e. The summed E-state index contributed by atoms with van der Waals surface area (Å²) in [6.07, 6.45) is 1.36. The van der Waals surface area contributed by atoms with Crippen molar-refractivity contribution in [3.8, 4) is 17.2 Å². The number of benzene rings is 2. The van der Waals surface area contributed by atoms with Gasteiger partial charge in [0.1, 0.15) is 5.69 Å². The summed E-state index contributed by atoms with van der Waals surface area (Å²) in [4.78, 5) is 12.2. The molecule has 0 unspecified atom stereocenters. The second kappa shape index (κ2) is 8.72. The predicted molar refractivity (Wildman–Crippen MR) is 96.6 cm³/mol. The second-order valence-electron chi connectivity index (χ2n) is 5.80. The highest BCUT2D eigenvalue weighted by Gasteiger charge is 2.22. The van der Waals surface area contributed by atoms with Gasteiger partial charge in [-0.2, -0.15) is 5.10 Å². The van der Waals surface area contributed by atoms with E-state index < -0.39 is 34.9 Å². The van der Waals surface area contributed by atoms with Crippen LogP contribution in [0.25, 0.3) is 0 Å². The lowest BCUT2D eigenvalue weighted by Crippen LogP contribution is -2.17. The summed E-state index contributed by atoms with van der Waals surface area (Å²) in [6.45, 7) is -0.165. The van der Waals surface area contributed by atoms with Crippen molar-refractivity contribution in [1.82, 2.24) is 9.78 Å². The average Bonchev–Trinajstić information content (AvgIpc) is 3.22. The monoisotopic (exact) mass is 425 g/mol. The highest BCUT2D eigenvalue weighted by Crippen LogP contribution is 2.36. The molecule has 1 heterocycles. The molecular weight excluding hydrogens is 410 g/mol. The average molecular weight is 425 g/mol. The van der Waals surface area contributed by atoms with E-state index in [4.69, 9.17) is 14.2 Å². The van der Waals surface area contributed by atoms with Crippen molar-refractivity contribution in [1.29, 1.82) is 0 Å². The lowest BCUT2D eigenvalue weighted by molar-refractivity contribution is 0.101. The molecule has 0 spiro atoms. The molecule has 1 aromatic heterocycles. The quantitative estimate of drug-likeness (QED) is 0.461. The number of amides is 1. The first kappa shape index (κ1) is 21.0. The first-order chi connectivity index (χ1) is 14.3. The molecule has 0 atom stereocenters. The van der Waals surface area contributed by atoms with Crippen LogP contribution in [0.4, 0.5) is 23.2 Å². The van der Waals surface area contributed by atoms with Gasteiger partial charge in [0, 0.05) is 12.3 Å². The fourth-order valence-electron chi connectivity index (χ4n) is 2.51. The number of carbonyl (C=O) groups excluding carboxylic acids is 1. The summed E-state index contributed by atoms with van der Waals surface area (Å²) >= 11 is 0. The highest BCUT2D eigenvalue weighted by molar-refractivity contribution is 6.02. The number of rotatable bonds is 7. The van der Waals surface area contributed by atoms with Crippen molar-refractivity contribution >= 4 is 11.6 Å². The van der Waals surface area contributed by atoms with Gasteiger partial charge in [-0.3, -0.25) is 4.79 Å². The van der Waals surface area contributed by atoms with Gasteiger partial charge in [0.05, 0.1) is 14.2 Å². The fourth-order valence-corrected chi connectivity index (χ4v) is 2.51. The normalized spacial score (nSPS) is 10.6. The molecule has 0 aliphatic rings. The van der Waals surface area contributed by atoms with E-state index in [9.17, 15) is 22.4 Å². The van der Waals surface area contributed by atoms with E-state index in [1.807, 2.05) is 0 Å². The summed E-state index contributed by atoms with van der Waals surface area (Å²) in [5.74, 6) is -6.73. The van der Waals surface area contributed by atoms with Crippen LogP contribution < -0.4 is 19.5 Å². The minimum atomic E-state index is -1.73. The van der Waals surface area contributed by atoms with Gasteiger partial charge in [0.15, 0.2) is 47.2 Å².